The molecule has 0 aliphatic carbocycles. The Balaban J connectivity index is 2.09. The van der Waals surface area contributed by atoms with E-state index < -0.39 is 11.8 Å². The lowest BCUT2D eigenvalue weighted by Crippen LogP contribution is -2.33. The third kappa shape index (κ3) is 3.73. The summed E-state index contributed by atoms with van der Waals surface area (Å²) < 4.78 is 18.4. The molecule has 1 unspecified atom stereocenters. The van der Waals surface area contributed by atoms with Crippen molar-refractivity contribution in [1.29, 1.82) is 0 Å². The predicted octanol–water partition coefficient (Wildman–Crippen LogP) is 2.94. The first-order valence-corrected chi connectivity index (χ1v) is 7.96. The lowest BCUT2D eigenvalue weighted by Gasteiger charge is -2.26. The fourth-order valence-corrected chi connectivity index (χ4v) is 3.42. The van der Waals surface area contributed by atoms with Crippen molar-refractivity contribution in [3.05, 3.63) is 35.1 Å². The number of carbonyl (C=O) groups is 1. The van der Waals surface area contributed by atoms with Gasteiger partial charge in [0.2, 0.25) is 0 Å². The number of hydrogen-bond acceptors (Lipinski definition) is 4. The molecule has 20 heavy (non-hydrogen) atoms. The molecule has 1 aromatic carbocycles. The molecule has 1 saturated heterocycles. The number of ether oxygens (including phenoxy) is 1. The van der Waals surface area contributed by atoms with E-state index in [1.54, 1.807) is 6.07 Å². The highest BCUT2D eigenvalue weighted by atomic mass is 32.2. The summed E-state index contributed by atoms with van der Waals surface area (Å²) in [5.74, 6) is 1.17. The maximum atomic E-state index is 13.9. The average Bonchev–Trinajstić information content (AvgIpc) is 2.64. The number of benzene rings is 1. The van der Waals surface area contributed by atoms with Crippen molar-refractivity contribution in [3.63, 3.8) is 0 Å². The largest absolute Gasteiger partial charge is 0.465 e. The quantitative estimate of drug-likeness (QED) is 0.802. The molecule has 1 aromatic rings. The van der Waals surface area contributed by atoms with Crippen LogP contribution in [0, 0.1) is 5.82 Å². The van der Waals surface area contributed by atoms with Crippen LogP contribution in [-0.2, 0) is 11.3 Å². The third-order valence-electron chi connectivity index (χ3n) is 3.65. The van der Waals surface area contributed by atoms with Gasteiger partial charge in [-0.3, -0.25) is 4.90 Å². The van der Waals surface area contributed by atoms with Crippen molar-refractivity contribution in [2.75, 3.05) is 25.2 Å². The first-order valence-electron chi connectivity index (χ1n) is 6.80. The predicted molar refractivity (Wildman–Crippen MR) is 79.6 cm³/mol. The summed E-state index contributed by atoms with van der Waals surface area (Å²) in [5, 5.41) is 0. The van der Waals surface area contributed by atoms with Gasteiger partial charge in [-0.1, -0.05) is 6.07 Å². The van der Waals surface area contributed by atoms with Crippen LogP contribution in [0.2, 0.25) is 0 Å². The molecule has 0 spiro atoms. The van der Waals surface area contributed by atoms with Gasteiger partial charge in [-0.25, -0.2) is 9.18 Å². The van der Waals surface area contributed by atoms with E-state index in [1.165, 1.54) is 25.0 Å². The van der Waals surface area contributed by atoms with Gasteiger partial charge in [0.1, 0.15) is 5.82 Å². The van der Waals surface area contributed by atoms with E-state index in [4.69, 9.17) is 0 Å². The molecular formula is C15H20FNO2S. The Hall–Kier alpha value is -1.07. The molecule has 110 valence electrons. The number of thioether (sulfide) groups is 1. The summed E-state index contributed by atoms with van der Waals surface area (Å²) in [6, 6.07) is 5.26. The van der Waals surface area contributed by atoms with Gasteiger partial charge in [0, 0.05) is 24.9 Å². The number of esters is 1. The maximum absolute atomic E-state index is 13.9. The number of methoxy groups -OCH3 is 1. The van der Waals surface area contributed by atoms with Crippen LogP contribution in [0.25, 0.3) is 0 Å². The number of rotatable bonds is 3. The van der Waals surface area contributed by atoms with Crippen LogP contribution in [0.1, 0.15) is 29.3 Å². The molecule has 0 aromatic heterocycles. The Morgan fingerprint density at radius 2 is 2.30 bits per heavy atom. The van der Waals surface area contributed by atoms with E-state index in [0.29, 0.717) is 6.04 Å². The lowest BCUT2D eigenvalue weighted by atomic mass is 10.1. The Kier molecular flexibility index (Phi) is 5.43. The van der Waals surface area contributed by atoms with Crippen LogP contribution < -0.4 is 0 Å². The zero-order valence-corrected chi connectivity index (χ0v) is 12.7. The van der Waals surface area contributed by atoms with Crippen LogP contribution in [0.15, 0.2) is 18.2 Å². The van der Waals surface area contributed by atoms with Gasteiger partial charge in [-0.15, -0.1) is 0 Å². The van der Waals surface area contributed by atoms with Gasteiger partial charge in [0.25, 0.3) is 0 Å². The van der Waals surface area contributed by atoms with Crippen molar-refractivity contribution in [1.82, 2.24) is 4.90 Å². The van der Waals surface area contributed by atoms with Gasteiger partial charge in [-0.2, -0.15) is 11.8 Å². The third-order valence-corrected chi connectivity index (χ3v) is 4.65. The average molecular weight is 297 g/mol. The Morgan fingerprint density at radius 1 is 1.50 bits per heavy atom. The highest BCUT2D eigenvalue weighted by Gasteiger charge is 2.18. The molecule has 0 amide bonds. The molecular weight excluding hydrogens is 277 g/mol. The van der Waals surface area contributed by atoms with Crippen molar-refractivity contribution in [3.8, 4) is 0 Å². The standard InChI is InChI=1S/C15H20FNO2S/c1-11-5-7-20-8-6-17(11)10-12-3-4-13(14(16)9-12)15(18)19-2/h3-4,9,11H,5-8,10H2,1-2H3. The first-order chi connectivity index (χ1) is 9.61. The van der Waals surface area contributed by atoms with Crippen LogP contribution in [0.5, 0.6) is 0 Å². The van der Waals surface area contributed by atoms with Gasteiger partial charge in [0.05, 0.1) is 12.7 Å². The number of nitrogens with zero attached hydrogens (tertiary/aromatic N) is 1. The van der Waals surface area contributed by atoms with Gasteiger partial charge >= 0.3 is 5.97 Å². The van der Waals surface area contributed by atoms with E-state index in [2.05, 4.69) is 16.6 Å². The smallest absolute Gasteiger partial charge is 0.340 e. The molecule has 5 heteroatoms. The first kappa shape index (κ1) is 15.3. The van der Waals surface area contributed by atoms with Gasteiger partial charge in [-0.05, 0) is 36.8 Å². The normalized spacial score (nSPS) is 20.4. The lowest BCUT2D eigenvalue weighted by molar-refractivity contribution is 0.0595. The van der Waals surface area contributed by atoms with E-state index >= 15 is 0 Å². The minimum absolute atomic E-state index is 0.00396. The maximum Gasteiger partial charge on any atom is 0.340 e. The van der Waals surface area contributed by atoms with Crippen LogP contribution >= 0.6 is 11.8 Å². The Bertz CT molecular complexity index is 481. The molecule has 0 bridgehead atoms. The van der Waals surface area contributed by atoms with Crippen molar-refractivity contribution < 1.29 is 13.9 Å². The van der Waals surface area contributed by atoms with Crippen LogP contribution in [-0.4, -0.2) is 42.1 Å². The van der Waals surface area contributed by atoms with E-state index in [9.17, 15) is 9.18 Å². The molecule has 0 saturated carbocycles. The van der Waals surface area contributed by atoms with Gasteiger partial charge < -0.3 is 4.74 Å². The SMILES string of the molecule is COC(=O)c1ccc(CN2CCSCCC2C)cc1F. The molecule has 1 heterocycles. The molecule has 3 nitrogen and oxygen atoms in total. The zero-order chi connectivity index (χ0) is 14.5. The number of halogens is 1. The molecule has 1 fully saturated rings. The second-order valence-corrected chi connectivity index (χ2v) is 6.25. The van der Waals surface area contributed by atoms with Crippen molar-refractivity contribution in [2.45, 2.75) is 25.9 Å². The molecule has 1 aliphatic heterocycles. The summed E-state index contributed by atoms with van der Waals surface area (Å²) in [6.07, 6.45) is 1.16. The monoisotopic (exact) mass is 297 g/mol. The summed E-state index contributed by atoms with van der Waals surface area (Å²) in [4.78, 5) is 13.7. The summed E-state index contributed by atoms with van der Waals surface area (Å²) >= 11 is 1.97. The number of carbonyl (C=O) groups excluding carboxylic acids is 1. The fraction of sp³-hybridized carbons (Fsp3) is 0.533. The van der Waals surface area contributed by atoms with E-state index in [-0.39, 0.29) is 5.56 Å². The second kappa shape index (κ2) is 7.09. The summed E-state index contributed by atoms with van der Waals surface area (Å²) in [6.45, 7) is 3.96. The van der Waals surface area contributed by atoms with Gasteiger partial charge in [0.15, 0.2) is 0 Å². The Morgan fingerprint density at radius 3 is 3.00 bits per heavy atom. The molecule has 1 atom stereocenters. The van der Waals surface area contributed by atoms with E-state index in [0.717, 1.165) is 30.8 Å². The summed E-state index contributed by atoms with van der Waals surface area (Å²) in [7, 11) is 1.26. The van der Waals surface area contributed by atoms with Crippen LogP contribution in [0.4, 0.5) is 4.39 Å². The minimum Gasteiger partial charge on any atom is -0.465 e. The molecule has 1 aliphatic rings. The van der Waals surface area contributed by atoms with Crippen molar-refractivity contribution in [2.24, 2.45) is 0 Å². The topological polar surface area (TPSA) is 29.5 Å². The van der Waals surface area contributed by atoms with E-state index in [1.807, 2.05) is 11.8 Å². The molecule has 2 rings (SSSR count). The van der Waals surface area contributed by atoms with Crippen LogP contribution in [0.3, 0.4) is 0 Å². The second-order valence-electron chi connectivity index (χ2n) is 5.03. The Labute approximate surface area is 123 Å². The number of hydrogen-bond donors (Lipinski definition) is 0. The zero-order valence-electron chi connectivity index (χ0n) is 11.9. The minimum atomic E-state index is -0.631. The highest BCUT2D eigenvalue weighted by Crippen LogP contribution is 2.20. The van der Waals surface area contributed by atoms with Crippen molar-refractivity contribution >= 4 is 17.7 Å². The molecule has 0 radical (unpaired) electrons. The summed E-state index contributed by atoms with van der Waals surface area (Å²) in [5.41, 5.74) is 0.893. The fourth-order valence-electron chi connectivity index (χ4n) is 2.34. The molecule has 0 N–H and O–H groups in total. The highest BCUT2D eigenvalue weighted by molar-refractivity contribution is 7.99.